The lowest BCUT2D eigenvalue weighted by molar-refractivity contribution is -0.115. The summed E-state index contributed by atoms with van der Waals surface area (Å²) >= 11 is 3.08. The quantitative estimate of drug-likeness (QED) is 0.355. The lowest BCUT2D eigenvalue weighted by Crippen LogP contribution is -2.23. The second-order valence-corrected chi connectivity index (χ2v) is 10.2. The number of rotatable bonds is 7. The van der Waals surface area contributed by atoms with Crippen molar-refractivity contribution >= 4 is 50.9 Å². The van der Waals surface area contributed by atoms with E-state index in [2.05, 4.69) is 35.1 Å². The maximum atomic E-state index is 13.1. The van der Waals surface area contributed by atoms with Gasteiger partial charge in [0.15, 0.2) is 0 Å². The third-order valence-corrected chi connectivity index (χ3v) is 8.01. The number of aryl methyl sites for hydroxylation is 2. The number of amides is 1. The predicted molar refractivity (Wildman–Crippen MR) is 128 cm³/mol. The summed E-state index contributed by atoms with van der Waals surface area (Å²) in [5, 5.41) is 4.54. The number of anilines is 1. The first kappa shape index (κ1) is 22.0. The van der Waals surface area contributed by atoms with Crippen molar-refractivity contribution in [3.05, 3.63) is 46.5 Å². The van der Waals surface area contributed by atoms with Crippen molar-refractivity contribution < 1.29 is 14.3 Å². The van der Waals surface area contributed by atoms with E-state index in [1.165, 1.54) is 21.7 Å². The van der Waals surface area contributed by atoms with Gasteiger partial charge in [0.25, 0.3) is 0 Å². The highest BCUT2D eigenvalue weighted by atomic mass is 32.2. The first-order valence-electron chi connectivity index (χ1n) is 10.9. The van der Waals surface area contributed by atoms with E-state index >= 15 is 0 Å². The molecule has 0 spiro atoms. The molecule has 1 amide bonds. The summed E-state index contributed by atoms with van der Waals surface area (Å²) in [5.41, 5.74) is 2.81. The van der Waals surface area contributed by atoms with Crippen LogP contribution < -0.4 is 5.32 Å². The zero-order valence-electron chi connectivity index (χ0n) is 18.2. The van der Waals surface area contributed by atoms with E-state index in [-0.39, 0.29) is 17.1 Å². The number of para-hydroxylation sites is 1. The zero-order valence-corrected chi connectivity index (χ0v) is 19.8. The first-order chi connectivity index (χ1) is 15.0. The molecule has 0 unspecified atom stereocenters. The summed E-state index contributed by atoms with van der Waals surface area (Å²) in [4.78, 5) is 28.0. The van der Waals surface area contributed by atoms with Gasteiger partial charge in [-0.25, -0.2) is 4.79 Å². The summed E-state index contributed by atoms with van der Waals surface area (Å²) in [7, 11) is 0. The molecule has 1 N–H and O–H groups in total. The summed E-state index contributed by atoms with van der Waals surface area (Å²) in [6.07, 6.45) is 6.14. The Labute approximate surface area is 191 Å². The van der Waals surface area contributed by atoms with Crippen LogP contribution in [0.15, 0.2) is 35.4 Å². The Morgan fingerprint density at radius 1 is 1.23 bits per heavy atom. The smallest absolute Gasteiger partial charge is 0.341 e. The van der Waals surface area contributed by atoms with Crippen LogP contribution in [0.3, 0.4) is 0 Å². The van der Waals surface area contributed by atoms with Gasteiger partial charge in [-0.2, -0.15) is 0 Å². The van der Waals surface area contributed by atoms with Crippen LogP contribution in [0.4, 0.5) is 5.00 Å². The van der Waals surface area contributed by atoms with Crippen LogP contribution in [0.2, 0.25) is 0 Å². The van der Waals surface area contributed by atoms with Crippen LogP contribution in [-0.4, -0.2) is 28.3 Å². The van der Waals surface area contributed by atoms with Gasteiger partial charge in [-0.15, -0.1) is 23.1 Å². The highest BCUT2D eigenvalue weighted by Gasteiger charge is 2.28. The molecule has 0 aliphatic heterocycles. The molecule has 3 aromatic rings. The number of nitrogens with zero attached hydrogens (tertiary/aromatic N) is 1. The maximum Gasteiger partial charge on any atom is 0.341 e. The van der Waals surface area contributed by atoms with E-state index in [0.29, 0.717) is 17.2 Å². The largest absolute Gasteiger partial charge is 0.462 e. The van der Waals surface area contributed by atoms with Crippen LogP contribution in [0.1, 0.15) is 54.4 Å². The van der Waals surface area contributed by atoms with E-state index in [0.717, 1.165) is 48.1 Å². The zero-order chi connectivity index (χ0) is 22.0. The topological polar surface area (TPSA) is 60.3 Å². The molecule has 4 rings (SSSR count). The second kappa shape index (κ2) is 9.49. The number of hydrogen-bond acceptors (Lipinski definition) is 5. The van der Waals surface area contributed by atoms with Gasteiger partial charge in [0.1, 0.15) is 5.00 Å². The third kappa shape index (κ3) is 4.39. The Bertz CT molecular complexity index is 1120. The van der Waals surface area contributed by atoms with Crippen molar-refractivity contribution in [2.45, 2.75) is 63.1 Å². The van der Waals surface area contributed by atoms with Crippen LogP contribution in [0.25, 0.3) is 10.9 Å². The van der Waals surface area contributed by atoms with Gasteiger partial charge in [0, 0.05) is 33.4 Å². The monoisotopic (exact) mass is 456 g/mol. The third-order valence-electron chi connectivity index (χ3n) is 5.65. The molecule has 1 aliphatic rings. The number of thiophene rings is 1. The fraction of sp³-hybridized carbons (Fsp3) is 0.417. The van der Waals surface area contributed by atoms with Gasteiger partial charge in [0.05, 0.1) is 17.4 Å². The minimum Gasteiger partial charge on any atom is -0.462 e. The fourth-order valence-corrected chi connectivity index (χ4v) is 6.41. The Hall–Kier alpha value is -2.25. The van der Waals surface area contributed by atoms with Crippen molar-refractivity contribution in [3.63, 3.8) is 0 Å². The van der Waals surface area contributed by atoms with Gasteiger partial charge >= 0.3 is 5.97 Å². The normalized spacial score (nSPS) is 14.3. The molecule has 5 nitrogen and oxygen atoms in total. The number of esters is 1. The molecule has 164 valence electrons. The first-order valence-corrected chi connectivity index (χ1v) is 12.6. The number of carbonyl (C=O) groups excluding carboxylic acids is 2. The molecule has 7 heteroatoms. The van der Waals surface area contributed by atoms with E-state index in [1.807, 2.05) is 19.1 Å². The summed E-state index contributed by atoms with van der Waals surface area (Å²) in [5.74, 6) is -0.425. The van der Waals surface area contributed by atoms with Crippen molar-refractivity contribution in [1.82, 2.24) is 4.57 Å². The van der Waals surface area contributed by atoms with E-state index in [9.17, 15) is 9.59 Å². The highest BCUT2D eigenvalue weighted by molar-refractivity contribution is 8.00. The Morgan fingerprint density at radius 2 is 2.00 bits per heavy atom. The van der Waals surface area contributed by atoms with Gasteiger partial charge in [0.2, 0.25) is 5.91 Å². The Kier molecular flexibility index (Phi) is 6.72. The molecule has 0 bridgehead atoms. The van der Waals surface area contributed by atoms with E-state index in [1.54, 1.807) is 18.7 Å². The molecule has 1 aromatic carbocycles. The summed E-state index contributed by atoms with van der Waals surface area (Å²) in [6.45, 7) is 7.04. The molecule has 0 fully saturated rings. The van der Waals surface area contributed by atoms with Crippen molar-refractivity contribution in [1.29, 1.82) is 0 Å². The molecular formula is C24H28N2O3S2. The van der Waals surface area contributed by atoms with Crippen LogP contribution in [-0.2, 0) is 28.9 Å². The molecule has 1 atom stereocenters. The fourth-order valence-electron chi connectivity index (χ4n) is 4.10. The molecule has 2 aromatic heterocycles. The van der Waals surface area contributed by atoms with Crippen LogP contribution >= 0.6 is 23.1 Å². The molecule has 0 radical (unpaired) electrons. The highest BCUT2D eigenvalue weighted by Crippen LogP contribution is 2.39. The number of aromatic nitrogens is 1. The minimum atomic E-state index is -0.330. The summed E-state index contributed by atoms with van der Waals surface area (Å²) in [6, 6.07) is 8.27. The van der Waals surface area contributed by atoms with Crippen molar-refractivity contribution in [2.24, 2.45) is 0 Å². The average Bonchev–Trinajstić information content (AvgIpc) is 3.31. The molecule has 2 heterocycles. The summed E-state index contributed by atoms with van der Waals surface area (Å²) < 4.78 is 7.51. The van der Waals surface area contributed by atoms with E-state index < -0.39 is 0 Å². The van der Waals surface area contributed by atoms with Crippen molar-refractivity contribution in [3.8, 4) is 0 Å². The minimum absolute atomic E-state index is 0.0949. The van der Waals surface area contributed by atoms with Gasteiger partial charge in [-0.1, -0.05) is 18.2 Å². The maximum absolute atomic E-state index is 13.1. The lowest BCUT2D eigenvalue weighted by Gasteiger charge is -2.13. The molecular weight excluding hydrogens is 428 g/mol. The van der Waals surface area contributed by atoms with Crippen LogP contribution in [0.5, 0.6) is 0 Å². The molecule has 31 heavy (non-hydrogen) atoms. The average molecular weight is 457 g/mol. The predicted octanol–water partition coefficient (Wildman–Crippen LogP) is 5.90. The number of thioether (sulfide) groups is 1. The number of hydrogen-bond donors (Lipinski definition) is 1. The number of ether oxygens (including phenoxy) is 1. The standard InChI is InChI=1S/C24H28N2O3S2/c1-4-26-14-20(16-10-6-8-12-18(16)26)30-15(3)22(27)25-23-21(24(28)29-5-2)17-11-7-9-13-19(17)31-23/h6,8,10,12,14-15H,4-5,7,9,11,13H2,1-3H3,(H,25,27)/t15-/m0/s1. The lowest BCUT2D eigenvalue weighted by atomic mass is 9.95. The Morgan fingerprint density at radius 3 is 2.77 bits per heavy atom. The van der Waals surface area contributed by atoms with Gasteiger partial charge < -0.3 is 14.6 Å². The molecule has 1 aliphatic carbocycles. The van der Waals surface area contributed by atoms with Crippen molar-refractivity contribution in [2.75, 3.05) is 11.9 Å². The van der Waals surface area contributed by atoms with Crippen LogP contribution in [0, 0.1) is 0 Å². The number of nitrogens with one attached hydrogen (secondary N) is 1. The number of carbonyl (C=O) groups is 2. The van der Waals surface area contributed by atoms with Gasteiger partial charge in [-0.3, -0.25) is 4.79 Å². The number of benzene rings is 1. The molecule has 0 saturated heterocycles. The SMILES string of the molecule is CCOC(=O)c1c(NC(=O)[C@H](C)Sc2cn(CC)c3ccccc23)sc2c1CCCC2. The second-order valence-electron chi connectivity index (χ2n) is 7.68. The Balaban J connectivity index is 1.56. The number of fused-ring (bicyclic) bond motifs is 2. The van der Waals surface area contributed by atoms with Gasteiger partial charge in [-0.05, 0) is 58.1 Å². The molecule has 0 saturated carbocycles. The van der Waals surface area contributed by atoms with E-state index in [4.69, 9.17) is 4.74 Å².